The first-order valence-corrected chi connectivity index (χ1v) is 12.3. The second-order valence-corrected chi connectivity index (χ2v) is 10.2. The number of carbonyl (C=O) groups is 2. The zero-order valence-corrected chi connectivity index (χ0v) is 19.4. The quantitative estimate of drug-likeness (QED) is 0.667. The van der Waals surface area contributed by atoms with Crippen LogP contribution < -0.4 is 5.32 Å². The largest absolute Gasteiger partial charge is 0.351 e. The first kappa shape index (κ1) is 21.5. The number of benzene rings is 1. The van der Waals surface area contributed by atoms with Crippen LogP contribution in [0.15, 0.2) is 30.3 Å². The Hall–Kier alpha value is -2.34. The Balaban J connectivity index is 1.48. The number of hydrogen-bond acceptors (Lipinski definition) is 3. The number of carbonyl (C=O) groups excluding carboxylic acids is 2. The van der Waals surface area contributed by atoms with Crippen molar-refractivity contribution in [1.29, 1.82) is 0 Å². The van der Waals surface area contributed by atoms with E-state index in [4.69, 9.17) is 16.7 Å². The van der Waals surface area contributed by atoms with Crippen molar-refractivity contribution < 1.29 is 9.59 Å². The molecular formula is C25H31ClN4O2. The van der Waals surface area contributed by atoms with Crippen LogP contribution in [0.5, 0.6) is 0 Å². The summed E-state index contributed by atoms with van der Waals surface area (Å²) in [5.41, 5.74) is 1.34. The molecule has 1 aromatic carbocycles. The van der Waals surface area contributed by atoms with Crippen molar-refractivity contribution in [2.75, 3.05) is 0 Å². The highest BCUT2D eigenvalue weighted by molar-refractivity contribution is 6.31. The van der Waals surface area contributed by atoms with Crippen molar-refractivity contribution in [3.8, 4) is 0 Å². The molecule has 2 fully saturated rings. The minimum atomic E-state index is -1.04. The van der Waals surface area contributed by atoms with Crippen LogP contribution >= 0.6 is 11.6 Å². The summed E-state index contributed by atoms with van der Waals surface area (Å²) < 4.78 is 1.76. The monoisotopic (exact) mass is 454 g/mol. The molecule has 0 bridgehead atoms. The van der Waals surface area contributed by atoms with E-state index in [0.29, 0.717) is 23.2 Å². The lowest BCUT2D eigenvalue weighted by Crippen LogP contribution is -2.64. The molecule has 0 radical (unpaired) electrons. The van der Waals surface area contributed by atoms with Crippen molar-refractivity contribution in [3.05, 3.63) is 52.3 Å². The molecule has 3 aliphatic rings. The second kappa shape index (κ2) is 8.54. The van der Waals surface area contributed by atoms with Crippen molar-refractivity contribution in [2.45, 2.75) is 88.9 Å². The van der Waals surface area contributed by atoms with E-state index < -0.39 is 5.54 Å². The normalized spacial score (nSPS) is 24.2. The molecule has 2 aromatic rings. The van der Waals surface area contributed by atoms with Gasteiger partial charge in [0.05, 0.1) is 12.2 Å². The van der Waals surface area contributed by atoms with E-state index in [-0.39, 0.29) is 24.4 Å². The van der Waals surface area contributed by atoms with Crippen LogP contribution in [0, 0.1) is 0 Å². The van der Waals surface area contributed by atoms with Crippen molar-refractivity contribution in [3.63, 3.8) is 0 Å². The summed E-state index contributed by atoms with van der Waals surface area (Å²) in [6.45, 7) is 2.51. The van der Waals surface area contributed by atoms with Crippen molar-refractivity contribution >= 4 is 23.4 Å². The summed E-state index contributed by atoms with van der Waals surface area (Å²) in [5, 5.41) is 8.61. The van der Waals surface area contributed by atoms with E-state index in [2.05, 4.69) is 5.32 Å². The SMILES string of the molecule is CC1(C(=O)NC2CCCCCC2)Cn2nc(C3CC3)cc2C(=O)N1Cc1ccccc1Cl. The molecule has 5 rings (SSSR count). The highest BCUT2D eigenvalue weighted by Gasteiger charge is 2.49. The fourth-order valence-electron chi connectivity index (χ4n) is 5.05. The summed E-state index contributed by atoms with van der Waals surface area (Å²) in [5.74, 6) is 0.192. The summed E-state index contributed by atoms with van der Waals surface area (Å²) >= 11 is 6.44. The molecule has 0 saturated heterocycles. The van der Waals surface area contributed by atoms with Crippen molar-refractivity contribution in [1.82, 2.24) is 20.0 Å². The second-order valence-electron chi connectivity index (χ2n) is 9.80. The fourth-order valence-corrected chi connectivity index (χ4v) is 5.25. The lowest BCUT2D eigenvalue weighted by atomic mass is 9.93. The highest BCUT2D eigenvalue weighted by atomic mass is 35.5. The van der Waals surface area contributed by atoms with Crippen LogP contribution in [0.3, 0.4) is 0 Å². The molecule has 2 saturated carbocycles. The van der Waals surface area contributed by atoms with Crippen LogP contribution in [0.2, 0.25) is 5.02 Å². The van der Waals surface area contributed by atoms with Gasteiger partial charge in [0.15, 0.2) is 0 Å². The number of amides is 2. The molecule has 1 atom stereocenters. The van der Waals surface area contributed by atoms with E-state index in [1.54, 1.807) is 9.58 Å². The molecule has 1 N–H and O–H groups in total. The van der Waals surface area contributed by atoms with Crippen molar-refractivity contribution in [2.24, 2.45) is 0 Å². The van der Waals surface area contributed by atoms with Gasteiger partial charge in [0, 0.05) is 23.5 Å². The number of nitrogens with zero attached hydrogens (tertiary/aromatic N) is 3. The Morgan fingerprint density at radius 2 is 1.88 bits per heavy atom. The van der Waals surface area contributed by atoms with Crippen LogP contribution in [0.4, 0.5) is 0 Å². The molecule has 1 unspecified atom stereocenters. The van der Waals surface area contributed by atoms with E-state index in [1.165, 1.54) is 12.8 Å². The van der Waals surface area contributed by atoms with Gasteiger partial charge in [0.2, 0.25) is 5.91 Å². The van der Waals surface area contributed by atoms with E-state index in [1.807, 2.05) is 37.3 Å². The smallest absolute Gasteiger partial charge is 0.273 e. The van der Waals surface area contributed by atoms with Gasteiger partial charge in [0.1, 0.15) is 11.2 Å². The third-order valence-electron chi connectivity index (χ3n) is 7.28. The first-order valence-electron chi connectivity index (χ1n) is 11.9. The average molecular weight is 455 g/mol. The predicted octanol–water partition coefficient (Wildman–Crippen LogP) is 4.67. The summed E-state index contributed by atoms with van der Waals surface area (Å²) in [6, 6.07) is 9.61. The van der Waals surface area contributed by atoms with Gasteiger partial charge < -0.3 is 10.2 Å². The molecule has 2 heterocycles. The maximum absolute atomic E-state index is 13.7. The van der Waals surface area contributed by atoms with E-state index in [9.17, 15) is 9.59 Å². The van der Waals surface area contributed by atoms with Crippen LogP contribution in [-0.2, 0) is 17.9 Å². The summed E-state index contributed by atoms with van der Waals surface area (Å²) in [4.78, 5) is 29.1. The molecular weight excluding hydrogens is 424 g/mol. The summed E-state index contributed by atoms with van der Waals surface area (Å²) in [6.07, 6.45) is 8.96. The van der Waals surface area contributed by atoms with Crippen LogP contribution in [-0.4, -0.2) is 38.1 Å². The van der Waals surface area contributed by atoms with Crippen LogP contribution in [0.1, 0.15) is 86.0 Å². The molecule has 6 nitrogen and oxygen atoms in total. The van der Waals surface area contributed by atoms with Gasteiger partial charge in [0.25, 0.3) is 5.91 Å². The van der Waals surface area contributed by atoms with Gasteiger partial charge in [-0.25, -0.2) is 0 Å². The third-order valence-corrected chi connectivity index (χ3v) is 7.65. The minimum Gasteiger partial charge on any atom is -0.351 e. The fraction of sp³-hybridized carbons (Fsp3) is 0.560. The van der Waals surface area contributed by atoms with Gasteiger partial charge in [-0.15, -0.1) is 0 Å². The summed E-state index contributed by atoms with van der Waals surface area (Å²) in [7, 11) is 0. The van der Waals surface area contributed by atoms with Crippen LogP contribution in [0.25, 0.3) is 0 Å². The van der Waals surface area contributed by atoms with E-state index in [0.717, 1.165) is 49.8 Å². The highest BCUT2D eigenvalue weighted by Crippen LogP contribution is 2.41. The molecule has 0 spiro atoms. The van der Waals surface area contributed by atoms with Gasteiger partial charge >= 0.3 is 0 Å². The molecule has 170 valence electrons. The average Bonchev–Trinajstić information content (AvgIpc) is 3.58. The van der Waals surface area contributed by atoms with Gasteiger partial charge in [-0.2, -0.15) is 5.10 Å². The number of halogens is 1. The number of rotatable bonds is 5. The van der Waals surface area contributed by atoms with Gasteiger partial charge in [-0.1, -0.05) is 55.5 Å². The Labute approximate surface area is 194 Å². The molecule has 1 aromatic heterocycles. The lowest BCUT2D eigenvalue weighted by Gasteiger charge is -2.44. The maximum atomic E-state index is 13.7. The minimum absolute atomic E-state index is 0.0982. The molecule has 32 heavy (non-hydrogen) atoms. The lowest BCUT2D eigenvalue weighted by molar-refractivity contribution is -0.134. The topological polar surface area (TPSA) is 67.2 Å². The Morgan fingerprint density at radius 1 is 1.16 bits per heavy atom. The van der Waals surface area contributed by atoms with Gasteiger partial charge in [-0.3, -0.25) is 14.3 Å². The van der Waals surface area contributed by atoms with Gasteiger partial charge in [-0.05, 0) is 50.3 Å². The Kier molecular flexibility index (Phi) is 5.74. The number of hydrogen-bond donors (Lipinski definition) is 1. The standard InChI is InChI=1S/C25H31ClN4O2/c1-25(24(32)27-19-9-4-2-3-5-10-19)16-30-22(14-21(28-30)17-12-13-17)23(31)29(25)15-18-8-6-7-11-20(18)26/h6-8,11,14,17,19H,2-5,9-10,12-13,15-16H2,1H3,(H,27,32). The predicted molar refractivity (Wildman–Crippen MR) is 124 cm³/mol. The Morgan fingerprint density at radius 3 is 2.56 bits per heavy atom. The molecule has 2 amide bonds. The number of nitrogens with one attached hydrogen (secondary N) is 1. The third kappa shape index (κ3) is 4.05. The van der Waals surface area contributed by atoms with E-state index >= 15 is 0 Å². The zero-order valence-electron chi connectivity index (χ0n) is 18.6. The first-order chi connectivity index (χ1) is 15.5. The molecule has 2 aliphatic carbocycles. The molecule has 1 aliphatic heterocycles. The maximum Gasteiger partial charge on any atom is 0.273 e. The molecule has 7 heteroatoms. The zero-order chi connectivity index (χ0) is 22.3. The number of aromatic nitrogens is 2. The number of fused-ring (bicyclic) bond motifs is 1. The Bertz CT molecular complexity index is 1020.